The Labute approximate surface area is 200 Å². The van der Waals surface area contributed by atoms with Crippen LogP contribution in [0.2, 0.25) is 0 Å². The molecule has 0 spiro atoms. The van der Waals surface area contributed by atoms with Crippen LogP contribution in [0.3, 0.4) is 0 Å². The summed E-state index contributed by atoms with van der Waals surface area (Å²) in [6, 6.07) is 11.4. The number of hydrogen-bond acceptors (Lipinski definition) is 6. The molecule has 1 amide bonds. The first-order valence-corrected chi connectivity index (χ1v) is 11.5. The van der Waals surface area contributed by atoms with Gasteiger partial charge in [-0.2, -0.15) is 0 Å². The van der Waals surface area contributed by atoms with Gasteiger partial charge in [-0.05, 0) is 61.6 Å². The highest BCUT2D eigenvalue weighted by atomic mass is 16.5. The van der Waals surface area contributed by atoms with Crippen LogP contribution >= 0.6 is 0 Å². The maximum absolute atomic E-state index is 13.4. The van der Waals surface area contributed by atoms with Crippen molar-refractivity contribution in [1.29, 1.82) is 0 Å². The molecule has 1 aliphatic heterocycles. The van der Waals surface area contributed by atoms with Gasteiger partial charge in [-0.15, -0.1) is 0 Å². The molecule has 0 unspecified atom stereocenters. The summed E-state index contributed by atoms with van der Waals surface area (Å²) < 4.78 is 22.1. The van der Waals surface area contributed by atoms with Crippen LogP contribution in [0.5, 0.6) is 23.0 Å². The molecule has 7 heteroatoms. The Morgan fingerprint density at radius 2 is 1.50 bits per heavy atom. The number of Topliss-reactive ketones (excluding diaryl/α,β-unsaturated/α-hetero) is 1. The summed E-state index contributed by atoms with van der Waals surface area (Å²) in [7, 11) is 4.69. The average Bonchev–Trinajstić information content (AvgIpc) is 2.82. The molecule has 1 aliphatic carbocycles. The molecule has 34 heavy (non-hydrogen) atoms. The second-order valence-electron chi connectivity index (χ2n) is 8.92. The summed E-state index contributed by atoms with van der Waals surface area (Å²) >= 11 is 0. The van der Waals surface area contributed by atoms with Crippen LogP contribution in [-0.2, 0) is 9.59 Å². The van der Waals surface area contributed by atoms with Gasteiger partial charge in [0.2, 0.25) is 11.7 Å². The van der Waals surface area contributed by atoms with Crippen molar-refractivity contribution in [3.05, 3.63) is 58.8 Å². The molecule has 180 valence electrons. The van der Waals surface area contributed by atoms with Gasteiger partial charge in [0, 0.05) is 30.0 Å². The summed E-state index contributed by atoms with van der Waals surface area (Å²) in [5.41, 5.74) is 3.26. The fourth-order valence-corrected chi connectivity index (χ4v) is 4.87. The highest BCUT2D eigenvalue weighted by molar-refractivity contribution is 6.02. The van der Waals surface area contributed by atoms with Gasteiger partial charge in [0.15, 0.2) is 17.3 Å². The Balaban J connectivity index is 1.67. The number of amides is 1. The van der Waals surface area contributed by atoms with E-state index in [1.54, 1.807) is 21.3 Å². The van der Waals surface area contributed by atoms with Crippen LogP contribution in [-0.4, -0.2) is 39.1 Å². The van der Waals surface area contributed by atoms with Gasteiger partial charge in [-0.1, -0.05) is 12.1 Å². The molecule has 2 aromatic rings. The van der Waals surface area contributed by atoms with E-state index in [0.29, 0.717) is 41.4 Å². The van der Waals surface area contributed by atoms with Crippen LogP contribution in [0, 0.1) is 0 Å². The lowest BCUT2D eigenvalue weighted by Gasteiger charge is -2.34. The van der Waals surface area contributed by atoms with Gasteiger partial charge >= 0.3 is 0 Å². The van der Waals surface area contributed by atoms with E-state index in [1.165, 1.54) is 0 Å². The van der Waals surface area contributed by atoms with E-state index >= 15 is 0 Å². The van der Waals surface area contributed by atoms with Gasteiger partial charge in [0.25, 0.3) is 0 Å². The summed E-state index contributed by atoms with van der Waals surface area (Å²) in [4.78, 5) is 26.0. The Bertz CT molecular complexity index is 1090. The van der Waals surface area contributed by atoms with Crippen LogP contribution in [0.25, 0.3) is 0 Å². The molecule has 7 nitrogen and oxygen atoms in total. The van der Waals surface area contributed by atoms with Crippen molar-refractivity contribution in [1.82, 2.24) is 5.32 Å². The second kappa shape index (κ2) is 9.79. The SMILES string of the molecule is COc1cc([C@@H]2CC(=O)C3=C(C2)NC(=O)C[C@@H]3c2ccc(OC(C)C)cc2)cc(OC)c1OC. The highest BCUT2D eigenvalue weighted by Gasteiger charge is 2.38. The topological polar surface area (TPSA) is 83.1 Å². The first kappa shape index (κ1) is 23.7. The summed E-state index contributed by atoms with van der Waals surface area (Å²) in [5, 5.41) is 2.97. The molecule has 1 N–H and O–H groups in total. The molecule has 0 saturated heterocycles. The molecule has 1 heterocycles. The molecular weight excluding hydrogens is 434 g/mol. The normalized spacial score (nSPS) is 20.1. The zero-order valence-electron chi connectivity index (χ0n) is 20.3. The van der Waals surface area contributed by atoms with E-state index in [-0.39, 0.29) is 36.1 Å². The number of rotatable bonds is 7. The first-order chi connectivity index (χ1) is 16.3. The minimum absolute atomic E-state index is 0.0486. The third-order valence-electron chi connectivity index (χ3n) is 6.35. The number of ketones is 1. The average molecular weight is 466 g/mol. The first-order valence-electron chi connectivity index (χ1n) is 11.5. The minimum atomic E-state index is -0.259. The van der Waals surface area contributed by atoms with Gasteiger partial charge < -0.3 is 24.3 Å². The van der Waals surface area contributed by atoms with Crippen LogP contribution in [0.4, 0.5) is 0 Å². The molecule has 0 aromatic heterocycles. The zero-order chi connectivity index (χ0) is 24.4. The fraction of sp³-hybridized carbons (Fsp3) is 0.407. The van der Waals surface area contributed by atoms with Gasteiger partial charge in [0.1, 0.15) is 5.75 Å². The minimum Gasteiger partial charge on any atom is -0.493 e. The van der Waals surface area contributed by atoms with E-state index < -0.39 is 0 Å². The van der Waals surface area contributed by atoms with Gasteiger partial charge in [-0.25, -0.2) is 0 Å². The van der Waals surface area contributed by atoms with Gasteiger partial charge in [-0.3, -0.25) is 9.59 Å². The van der Waals surface area contributed by atoms with Crippen molar-refractivity contribution in [2.24, 2.45) is 0 Å². The Kier molecular flexibility index (Phi) is 6.82. The molecule has 2 aromatic carbocycles. The fourth-order valence-electron chi connectivity index (χ4n) is 4.87. The molecule has 0 radical (unpaired) electrons. The number of ether oxygens (including phenoxy) is 4. The molecular formula is C27H31NO6. The Morgan fingerprint density at radius 3 is 2.06 bits per heavy atom. The highest BCUT2D eigenvalue weighted by Crippen LogP contribution is 2.46. The molecule has 0 bridgehead atoms. The maximum atomic E-state index is 13.4. The molecule has 2 atom stereocenters. The predicted molar refractivity (Wildman–Crippen MR) is 128 cm³/mol. The summed E-state index contributed by atoms with van der Waals surface area (Å²) in [6.45, 7) is 3.95. The number of carbonyl (C=O) groups excluding carboxylic acids is 2. The Morgan fingerprint density at radius 1 is 0.853 bits per heavy atom. The van der Waals surface area contributed by atoms with Crippen molar-refractivity contribution in [2.75, 3.05) is 21.3 Å². The molecule has 2 aliphatic rings. The predicted octanol–water partition coefficient (Wildman–Crippen LogP) is 4.50. The number of benzene rings is 2. The lowest BCUT2D eigenvalue weighted by atomic mass is 9.73. The Hall–Kier alpha value is -3.48. The monoisotopic (exact) mass is 465 g/mol. The summed E-state index contributed by atoms with van der Waals surface area (Å²) in [5.74, 6) is 1.96. The largest absolute Gasteiger partial charge is 0.493 e. The zero-order valence-corrected chi connectivity index (χ0v) is 20.3. The van der Waals surface area contributed by atoms with E-state index in [1.807, 2.05) is 50.2 Å². The van der Waals surface area contributed by atoms with Crippen LogP contribution in [0.15, 0.2) is 47.7 Å². The summed E-state index contributed by atoms with van der Waals surface area (Å²) in [6.07, 6.45) is 1.23. The molecule has 4 rings (SSSR count). The van der Waals surface area contributed by atoms with Crippen LogP contribution in [0.1, 0.15) is 56.1 Å². The lowest BCUT2D eigenvalue weighted by Crippen LogP contribution is -2.38. The third kappa shape index (κ3) is 4.60. The number of nitrogens with one attached hydrogen (secondary N) is 1. The number of methoxy groups -OCH3 is 3. The third-order valence-corrected chi connectivity index (χ3v) is 6.35. The van der Waals surface area contributed by atoms with Crippen molar-refractivity contribution in [3.8, 4) is 23.0 Å². The van der Waals surface area contributed by atoms with E-state index in [2.05, 4.69) is 5.32 Å². The number of hydrogen-bond donors (Lipinski definition) is 1. The van der Waals surface area contributed by atoms with Gasteiger partial charge in [0.05, 0.1) is 27.4 Å². The van der Waals surface area contributed by atoms with Crippen molar-refractivity contribution < 1.29 is 28.5 Å². The van der Waals surface area contributed by atoms with Crippen molar-refractivity contribution >= 4 is 11.7 Å². The van der Waals surface area contributed by atoms with Crippen molar-refractivity contribution in [2.45, 2.75) is 51.0 Å². The maximum Gasteiger partial charge on any atom is 0.225 e. The quantitative estimate of drug-likeness (QED) is 0.648. The number of carbonyl (C=O) groups is 2. The van der Waals surface area contributed by atoms with E-state index in [9.17, 15) is 9.59 Å². The standard InChI is InChI=1S/C27H31NO6/c1-15(2)34-19-8-6-16(7-9-19)20-14-25(30)28-21-10-17(11-22(29)26(20)21)18-12-23(31-3)27(33-5)24(13-18)32-4/h6-9,12-13,15,17,20H,10-11,14H2,1-5H3,(H,28,30)/t17-,20+/m0/s1. The molecule has 0 fully saturated rings. The van der Waals surface area contributed by atoms with Crippen molar-refractivity contribution in [3.63, 3.8) is 0 Å². The van der Waals surface area contributed by atoms with Crippen LogP contribution < -0.4 is 24.3 Å². The second-order valence-corrected chi connectivity index (χ2v) is 8.92. The van der Waals surface area contributed by atoms with E-state index in [0.717, 1.165) is 16.9 Å². The molecule has 0 saturated carbocycles. The smallest absolute Gasteiger partial charge is 0.225 e. The number of allylic oxidation sites excluding steroid dienone is 2. The lowest BCUT2D eigenvalue weighted by molar-refractivity contribution is -0.122. The van der Waals surface area contributed by atoms with E-state index in [4.69, 9.17) is 18.9 Å².